The van der Waals surface area contributed by atoms with E-state index in [1.165, 1.54) is 24.7 Å². The first kappa shape index (κ1) is 8.82. The molecule has 62 valence electrons. The maximum Gasteiger partial charge on any atom is 0.488 e. The molecular weight excluding hydrogens is 139 g/mol. The van der Waals surface area contributed by atoms with Gasteiger partial charge in [0.1, 0.15) is 0 Å². The summed E-state index contributed by atoms with van der Waals surface area (Å²) in [7, 11) is 3.27. The molecule has 0 saturated carbocycles. The summed E-state index contributed by atoms with van der Waals surface area (Å²) in [4.78, 5) is 0. The van der Waals surface area contributed by atoms with E-state index in [-0.39, 0.29) is 7.12 Å². The topological polar surface area (TPSA) is 18.5 Å². The van der Waals surface area contributed by atoms with Crippen LogP contribution in [0.2, 0.25) is 0 Å². The van der Waals surface area contributed by atoms with Crippen LogP contribution in [0.5, 0.6) is 0 Å². The molecule has 0 aromatic rings. The monoisotopic (exact) mass is 154 g/mol. The average Bonchev–Trinajstić information content (AvgIpc) is 2.09. The predicted molar refractivity (Wildman–Crippen MR) is 46.3 cm³/mol. The third-order valence-corrected chi connectivity index (χ3v) is 2.06. The largest absolute Gasteiger partial charge is 0.488 e. The Morgan fingerprint density at radius 1 is 1.27 bits per heavy atom. The summed E-state index contributed by atoms with van der Waals surface area (Å²) in [5.74, 6) is 0. The van der Waals surface area contributed by atoms with Crippen molar-refractivity contribution in [3.63, 3.8) is 0 Å². The van der Waals surface area contributed by atoms with Crippen molar-refractivity contribution in [2.45, 2.75) is 25.7 Å². The second-order valence-electron chi connectivity index (χ2n) is 2.83. The van der Waals surface area contributed by atoms with Crippen molar-refractivity contribution in [1.29, 1.82) is 0 Å². The van der Waals surface area contributed by atoms with Crippen molar-refractivity contribution in [1.82, 2.24) is 0 Å². The highest BCUT2D eigenvalue weighted by atomic mass is 16.6. The molecule has 0 fully saturated rings. The Morgan fingerprint density at radius 2 is 2.00 bits per heavy atom. The van der Waals surface area contributed by atoms with Crippen molar-refractivity contribution >= 4 is 7.12 Å². The second-order valence-corrected chi connectivity index (χ2v) is 2.83. The fourth-order valence-electron chi connectivity index (χ4n) is 1.48. The summed E-state index contributed by atoms with van der Waals surface area (Å²) in [6.07, 6.45) is 7.13. The lowest BCUT2D eigenvalue weighted by atomic mass is 9.72. The molecule has 0 amide bonds. The zero-order valence-electron chi connectivity index (χ0n) is 7.30. The lowest BCUT2D eigenvalue weighted by molar-refractivity contribution is 0.284. The van der Waals surface area contributed by atoms with Crippen LogP contribution < -0.4 is 0 Å². The van der Waals surface area contributed by atoms with Crippen LogP contribution in [0.1, 0.15) is 25.7 Å². The lowest BCUT2D eigenvalue weighted by Crippen LogP contribution is -2.23. The normalized spacial score (nSPS) is 17.8. The zero-order valence-corrected chi connectivity index (χ0v) is 7.30. The Labute approximate surface area is 68.7 Å². The van der Waals surface area contributed by atoms with Crippen LogP contribution in [0.15, 0.2) is 11.5 Å². The van der Waals surface area contributed by atoms with Crippen molar-refractivity contribution in [2.75, 3.05) is 14.2 Å². The molecule has 0 heterocycles. The van der Waals surface area contributed by atoms with E-state index in [1.807, 2.05) is 0 Å². The van der Waals surface area contributed by atoms with Gasteiger partial charge in [0.15, 0.2) is 0 Å². The summed E-state index contributed by atoms with van der Waals surface area (Å²) in [5.41, 5.74) is 1.31. The van der Waals surface area contributed by atoms with Crippen LogP contribution in [0, 0.1) is 0 Å². The number of hydrogen-bond donors (Lipinski definition) is 0. The van der Waals surface area contributed by atoms with Gasteiger partial charge < -0.3 is 9.31 Å². The van der Waals surface area contributed by atoms with Crippen LogP contribution in [0.25, 0.3) is 0 Å². The number of allylic oxidation sites excluding steroid dienone is 2. The van der Waals surface area contributed by atoms with Crippen LogP contribution >= 0.6 is 0 Å². The van der Waals surface area contributed by atoms with Crippen molar-refractivity contribution in [2.24, 2.45) is 0 Å². The SMILES string of the molecule is COB(OC)C1=CCCCC1. The summed E-state index contributed by atoms with van der Waals surface area (Å²) in [6.45, 7) is 0. The Hall–Kier alpha value is -0.275. The average molecular weight is 154 g/mol. The molecule has 0 atom stereocenters. The van der Waals surface area contributed by atoms with Crippen LogP contribution in [-0.4, -0.2) is 21.3 Å². The Bertz CT molecular complexity index is 141. The number of hydrogen-bond acceptors (Lipinski definition) is 2. The predicted octanol–water partition coefficient (Wildman–Crippen LogP) is 1.81. The van der Waals surface area contributed by atoms with Gasteiger partial charge in [-0.05, 0) is 31.2 Å². The molecule has 2 nitrogen and oxygen atoms in total. The lowest BCUT2D eigenvalue weighted by Gasteiger charge is -2.16. The number of rotatable bonds is 3. The van der Waals surface area contributed by atoms with Gasteiger partial charge in [-0.15, -0.1) is 0 Å². The van der Waals surface area contributed by atoms with Gasteiger partial charge >= 0.3 is 7.12 Å². The minimum absolute atomic E-state index is 0.102. The van der Waals surface area contributed by atoms with Crippen molar-refractivity contribution < 1.29 is 9.31 Å². The molecule has 3 heteroatoms. The third kappa shape index (κ3) is 2.35. The third-order valence-electron chi connectivity index (χ3n) is 2.06. The first-order valence-corrected chi connectivity index (χ1v) is 4.13. The Kier molecular flexibility index (Phi) is 3.67. The molecule has 0 unspecified atom stereocenters. The van der Waals surface area contributed by atoms with Gasteiger partial charge in [-0.3, -0.25) is 0 Å². The van der Waals surface area contributed by atoms with E-state index >= 15 is 0 Å². The van der Waals surface area contributed by atoms with Crippen LogP contribution in [0.4, 0.5) is 0 Å². The Balaban J connectivity index is 2.48. The van der Waals surface area contributed by atoms with Crippen molar-refractivity contribution in [3.05, 3.63) is 11.5 Å². The van der Waals surface area contributed by atoms with E-state index < -0.39 is 0 Å². The minimum Gasteiger partial charge on any atom is -0.410 e. The molecule has 0 bridgehead atoms. The maximum absolute atomic E-state index is 5.15. The molecule has 1 rings (SSSR count). The molecule has 0 aromatic carbocycles. The summed E-state index contributed by atoms with van der Waals surface area (Å²) >= 11 is 0. The fourth-order valence-corrected chi connectivity index (χ4v) is 1.48. The molecule has 0 saturated heterocycles. The molecule has 0 aromatic heterocycles. The molecule has 11 heavy (non-hydrogen) atoms. The smallest absolute Gasteiger partial charge is 0.410 e. The van der Waals surface area contributed by atoms with E-state index in [2.05, 4.69) is 6.08 Å². The van der Waals surface area contributed by atoms with E-state index in [4.69, 9.17) is 9.31 Å². The standard InChI is InChI=1S/C8H15BO2/c1-10-9(11-2)8-6-4-3-5-7-8/h6H,3-5,7H2,1-2H3. The summed E-state index contributed by atoms with van der Waals surface area (Å²) < 4.78 is 10.3. The van der Waals surface area contributed by atoms with Gasteiger partial charge in [0.25, 0.3) is 0 Å². The van der Waals surface area contributed by atoms with Gasteiger partial charge in [0.05, 0.1) is 0 Å². The molecule has 0 N–H and O–H groups in total. The molecule has 0 radical (unpaired) electrons. The van der Waals surface area contributed by atoms with E-state index in [9.17, 15) is 0 Å². The molecular formula is C8H15BO2. The quantitative estimate of drug-likeness (QED) is 0.577. The maximum atomic E-state index is 5.15. The van der Waals surface area contributed by atoms with Gasteiger partial charge in [0.2, 0.25) is 0 Å². The molecule has 1 aliphatic carbocycles. The zero-order chi connectivity index (χ0) is 8.10. The molecule has 1 aliphatic rings. The first-order valence-electron chi connectivity index (χ1n) is 4.13. The summed E-state index contributed by atoms with van der Waals surface area (Å²) in [5, 5.41) is 0. The highest BCUT2D eigenvalue weighted by molar-refractivity contribution is 6.53. The molecule has 0 spiro atoms. The van der Waals surface area contributed by atoms with Gasteiger partial charge in [-0.25, -0.2) is 0 Å². The van der Waals surface area contributed by atoms with Gasteiger partial charge in [0, 0.05) is 14.2 Å². The molecule has 0 aliphatic heterocycles. The highest BCUT2D eigenvalue weighted by Gasteiger charge is 2.21. The van der Waals surface area contributed by atoms with Gasteiger partial charge in [-0.2, -0.15) is 0 Å². The van der Waals surface area contributed by atoms with Crippen LogP contribution in [-0.2, 0) is 9.31 Å². The van der Waals surface area contributed by atoms with Crippen molar-refractivity contribution in [3.8, 4) is 0 Å². The second kappa shape index (κ2) is 4.57. The van der Waals surface area contributed by atoms with Crippen LogP contribution in [0.3, 0.4) is 0 Å². The minimum atomic E-state index is -0.102. The summed E-state index contributed by atoms with van der Waals surface area (Å²) in [6, 6.07) is 0. The van der Waals surface area contributed by atoms with Gasteiger partial charge in [-0.1, -0.05) is 6.08 Å². The van der Waals surface area contributed by atoms with E-state index in [0.717, 1.165) is 6.42 Å². The van der Waals surface area contributed by atoms with E-state index in [0.29, 0.717) is 0 Å². The first-order chi connectivity index (χ1) is 5.38. The highest BCUT2D eigenvalue weighted by Crippen LogP contribution is 2.19. The van der Waals surface area contributed by atoms with E-state index in [1.54, 1.807) is 14.2 Å². The fraction of sp³-hybridized carbons (Fsp3) is 0.750. The Morgan fingerprint density at radius 3 is 2.45 bits per heavy atom.